The molecule has 0 bridgehead atoms. The van der Waals surface area contributed by atoms with Crippen LogP contribution in [0.3, 0.4) is 0 Å². The maximum atomic E-state index is 12.3. The summed E-state index contributed by atoms with van der Waals surface area (Å²) in [7, 11) is 1.69. The van der Waals surface area contributed by atoms with Gasteiger partial charge in [-0.25, -0.2) is 4.39 Å². The minimum Gasteiger partial charge on any atom is -0.399 e. The summed E-state index contributed by atoms with van der Waals surface area (Å²) in [4.78, 5) is 3.95. The lowest BCUT2D eigenvalue weighted by molar-refractivity contribution is 0.671. The van der Waals surface area contributed by atoms with Crippen molar-refractivity contribution in [2.45, 2.75) is 0 Å². The SMILES string of the molecule is C=C(F)C=CCNc1ccc(N)cc1C=NC. The Kier molecular flexibility index (Phi) is 4.94. The average Bonchev–Trinajstić information content (AvgIpc) is 2.27. The number of aliphatic imine (C=N–C) groups is 1. The number of hydrogen-bond acceptors (Lipinski definition) is 3. The molecule has 1 aromatic carbocycles. The molecule has 0 heterocycles. The minimum absolute atomic E-state index is 0.459. The Morgan fingerprint density at radius 2 is 2.35 bits per heavy atom. The van der Waals surface area contributed by atoms with Crippen molar-refractivity contribution < 1.29 is 4.39 Å². The molecule has 1 aromatic rings. The van der Waals surface area contributed by atoms with Gasteiger partial charge in [-0.2, -0.15) is 0 Å². The standard InChI is InChI=1S/C13H16FN3/c1-10(14)4-3-7-17-13-6-5-12(15)8-11(13)9-16-2/h3-6,8-9,17H,1,7,15H2,2H3. The fourth-order valence-corrected chi connectivity index (χ4v) is 1.34. The lowest BCUT2D eigenvalue weighted by Gasteiger charge is -2.08. The highest BCUT2D eigenvalue weighted by molar-refractivity contribution is 5.89. The monoisotopic (exact) mass is 233 g/mol. The first kappa shape index (κ1) is 13.0. The maximum absolute atomic E-state index is 12.3. The summed E-state index contributed by atoms with van der Waals surface area (Å²) in [6.45, 7) is 3.65. The summed E-state index contributed by atoms with van der Waals surface area (Å²) in [5.74, 6) is -0.459. The molecular weight excluding hydrogens is 217 g/mol. The number of allylic oxidation sites excluding steroid dienone is 2. The van der Waals surface area contributed by atoms with Gasteiger partial charge in [-0.3, -0.25) is 4.99 Å². The topological polar surface area (TPSA) is 50.4 Å². The molecule has 0 radical (unpaired) electrons. The minimum atomic E-state index is -0.459. The third kappa shape index (κ3) is 4.51. The Bertz CT molecular complexity index is 450. The van der Waals surface area contributed by atoms with Crippen LogP contribution in [0.4, 0.5) is 15.8 Å². The summed E-state index contributed by atoms with van der Waals surface area (Å²) >= 11 is 0. The Balaban J connectivity index is 2.73. The quantitative estimate of drug-likeness (QED) is 0.467. The Morgan fingerprint density at radius 3 is 3.00 bits per heavy atom. The molecule has 0 aliphatic carbocycles. The lowest BCUT2D eigenvalue weighted by Crippen LogP contribution is -2.02. The van der Waals surface area contributed by atoms with Crippen LogP contribution in [0.15, 0.2) is 47.7 Å². The summed E-state index contributed by atoms with van der Waals surface area (Å²) in [5.41, 5.74) is 8.17. The number of nitrogen functional groups attached to an aromatic ring is 1. The molecule has 0 spiro atoms. The number of rotatable bonds is 5. The zero-order valence-corrected chi connectivity index (χ0v) is 9.78. The van der Waals surface area contributed by atoms with Gasteiger partial charge >= 0.3 is 0 Å². The molecule has 0 saturated carbocycles. The van der Waals surface area contributed by atoms with Crippen LogP contribution >= 0.6 is 0 Å². The zero-order chi connectivity index (χ0) is 12.7. The van der Waals surface area contributed by atoms with Crippen LogP contribution in [0.25, 0.3) is 0 Å². The summed E-state index contributed by atoms with van der Waals surface area (Å²) < 4.78 is 12.3. The van der Waals surface area contributed by atoms with E-state index in [9.17, 15) is 4.39 Å². The number of halogens is 1. The van der Waals surface area contributed by atoms with E-state index in [0.29, 0.717) is 12.2 Å². The number of hydrogen-bond donors (Lipinski definition) is 2. The van der Waals surface area contributed by atoms with Crippen LogP contribution in [-0.4, -0.2) is 19.8 Å². The first-order chi connectivity index (χ1) is 8.13. The Labute approximate surface area is 101 Å². The summed E-state index contributed by atoms with van der Waals surface area (Å²) in [6.07, 6.45) is 4.69. The van der Waals surface area contributed by atoms with Crippen molar-refractivity contribution in [3.8, 4) is 0 Å². The number of anilines is 2. The number of benzene rings is 1. The van der Waals surface area contributed by atoms with Gasteiger partial charge in [0.1, 0.15) is 5.83 Å². The van der Waals surface area contributed by atoms with Crippen LogP contribution in [0.1, 0.15) is 5.56 Å². The van der Waals surface area contributed by atoms with Crippen molar-refractivity contribution in [1.29, 1.82) is 0 Å². The van der Waals surface area contributed by atoms with Gasteiger partial charge < -0.3 is 11.1 Å². The van der Waals surface area contributed by atoms with E-state index in [-0.39, 0.29) is 0 Å². The van der Waals surface area contributed by atoms with E-state index in [0.717, 1.165) is 11.3 Å². The van der Waals surface area contributed by atoms with E-state index >= 15 is 0 Å². The highest BCUT2D eigenvalue weighted by atomic mass is 19.1. The van der Waals surface area contributed by atoms with E-state index in [4.69, 9.17) is 5.73 Å². The molecule has 0 amide bonds. The van der Waals surface area contributed by atoms with Crippen molar-refractivity contribution in [3.63, 3.8) is 0 Å². The van der Waals surface area contributed by atoms with Gasteiger partial charge in [0, 0.05) is 36.7 Å². The summed E-state index contributed by atoms with van der Waals surface area (Å²) in [6, 6.07) is 5.49. The lowest BCUT2D eigenvalue weighted by atomic mass is 10.1. The highest BCUT2D eigenvalue weighted by Crippen LogP contribution is 2.17. The van der Waals surface area contributed by atoms with E-state index in [1.165, 1.54) is 6.08 Å². The molecule has 0 saturated heterocycles. The van der Waals surface area contributed by atoms with Crippen LogP contribution in [0.5, 0.6) is 0 Å². The second-order valence-electron chi connectivity index (χ2n) is 3.46. The van der Waals surface area contributed by atoms with E-state index in [2.05, 4.69) is 16.9 Å². The van der Waals surface area contributed by atoms with Gasteiger partial charge in [0.25, 0.3) is 0 Å². The van der Waals surface area contributed by atoms with Gasteiger partial charge in [-0.15, -0.1) is 0 Å². The molecule has 90 valence electrons. The third-order valence-electron chi connectivity index (χ3n) is 2.05. The maximum Gasteiger partial charge on any atom is 0.115 e. The van der Waals surface area contributed by atoms with Gasteiger partial charge in [0.2, 0.25) is 0 Å². The molecule has 4 heteroatoms. The van der Waals surface area contributed by atoms with Gasteiger partial charge in [0.15, 0.2) is 0 Å². The molecule has 17 heavy (non-hydrogen) atoms. The molecule has 3 N–H and O–H groups in total. The van der Waals surface area contributed by atoms with Crippen molar-refractivity contribution in [2.75, 3.05) is 24.6 Å². The van der Waals surface area contributed by atoms with Gasteiger partial charge in [-0.1, -0.05) is 12.7 Å². The van der Waals surface area contributed by atoms with Gasteiger partial charge in [-0.05, 0) is 24.3 Å². The first-order valence-corrected chi connectivity index (χ1v) is 5.20. The Hall–Kier alpha value is -2.10. The molecule has 1 rings (SSSR count). The van der Waals surface area contributed by atoms with Crippen molar-refractivity contribution >= 4 is 17.6 Å². The number of nitrogens with one attached hydrogen (secondary N) is 1. The van der Waals surface area contributed by atoms with Crippen molar-refractivity contribution in [3.05, 3.63) is 48.3 Å². The van der Waals surface area contributed by atoms with Crippen LogP contribution < -0.4 is 11.1 Å². The van der Waals surface area contributed by atoms with Gasteiger partial charge in [0.05, 0.1) is 0 Å². The second-order valence-corrected chi connectivity index (χ2v) is 3.46. The molecule has 0 fully saturated rings. The van der Waals surface area contributed by atoms with Crippen molar-refractivity contribution in [2.24, 2.45) is 4.99 Å². The number of nitrogens with zero attached hydrogens (tertiary/aromatic N) is 1. The fourth-order valence-electron chi connectivity index (χ4n) is 1.34. The molecule has 0 aliphatic heterocycles. The first-order valence-electron chi connectivity index (χ1n) is 5.20. The largest absolute Gasteiger partial charge is 0.399 e. The van der Waals surface area contributed by atoms with Crippen LogP contribution in [0, 0.1) is 0 Å². The molecule has 0 aliphatic rings. The average molecular weight is 233 g/mol. The highest BCUT2D eigenvalue weighted by Gasteiger charge is 1.99. The smallest absolute Gasteiger partial charge is 0.115 e. The predicted molar refractivity (Wildman–Crippen MR) is 72.3 cm³/mol. The van der Waals surface area contributed by atoms with Crippen LogP contribution in [0.2, 0.25) is 0 Å². The Morgan fingerprint density at radius 1 is 1.59 bits per heavy atom. The normalized spacial score (nSPS) is 11.2. The predicted octanol–water partition coefficient (Wildman–Crippen LogP) is 2.77. The zero-order valence-electron chi connectivity index (χ0n) is 9.78. The van der Waals surface area contributed by atoms with E-state index < -0.39 is 5.83 Å². The van der Waals surface area contributed by atoms with E-state index in [1.54, 1.807) is 25.4 Å². The molecule has 3 nitrogen and oxygen atoms in total. The molecule has 0 atom stereocenters. The molecule has 0 aromatic heterocycles. The van der Waals surface area contributed by atoms with E-state index in [1.807, 2.05) is 12.1 Å². The van der Waals surface area contributed by atoms with Crippen LogP contribution in [-0.2, 0) is 0 Å². The summed E-state index contributed by atoms with van der Waals surface area (Å²) in [5, 5.41) is 3.14. The number of nitrogens with two attached hydrogens (primary N) is 1. The fraction of sp³-hybridized carbons (Fsp3) is 0.154. The molecular formula is C13H16FN3. The second kappa shape index (κ2) is 6.48. The third-order valence-corrected chi connectivity index (χ3v) is 2.05. The van der Waals surface area contributed by atoms with Crippen molar-refractivity contribution in [1.82, 2.24) is 0 Å². The molecule has 0 unspecified atom stereocenters.